The van der Waals surface area contributed by atoms with Crippen LogP contribution in [0.5, 0.6) is 0 Å². The van der Waals surface area contributed by atoms with Crippen LogP contribution in [0.3, 0.4) is 0 Å². The van der Waals surface area contributed by atoms with Crippen molar-refractivity contribution in [2.24, 2.45) is 10.7 Å². The molecule has 2 N–H and O–H groups in total. The standard InChI is InChI=1S/C39H28N2.C4H6.2C2H6.CH4/c40-38(27-15-5-2-6-16-27)41-37(26-13-3-1-4-14-26)28-23-24-36-32(25-28)31-19-9-12-22-35(31)39(36)33-20-10-7-17-29(33)30-18-8-11-21-34(30)39;1-3-4-2;2*1-2;/h1-25,37H,(H2,40,41);1-2H3;2*1-2H3;1H4. The Bertz CT molecular complexity index is 2040. The molecule has 2 aliphatic carbocycles. The molecule has 1 atom stereocenters. The van der Waals surface area contributed by atoms with Crippen LogP contribution >= 0.6 is 0 Å². The molecule has 0 amide bonds. The molecule has 0 radical (unpaired) electrons. The molecule has 2 heteroatoms. The van der Waals surface area contributed by atoms with Gasteiger partial charge in [-0.05, 0) is 75.5 Å². The van der Waals surface area contributed by atoms with Crippen LogP contribution in [-0.4, -0.2) is 5.84 Å². The first-order valence-electron chi connectivity index (χ1n) is 17.4. The summed E-state index contributed by atoms with van der Waals surface area (Å²) in [5, 5.41) is 0. The first-order valence-corrected chi connectivity index (χ1v) is 17.4. The normalized spacial score (nSPS) is 12.6. The predicted octanol–water partition coefficient (Wildman–Crippen LogP) is 12.2. The van der Waals surface area contributed by atoms with Crippen molar-refractivity contribution in [1.82, 2.24) is 0 Å². The average Bonchev–Trinajstić information content (AvgIpc) is 3.66. The SMILES string of the molecule is C.CC.CC.CC#CC.NC(=NC(c1ccccc1)c1ccc2c(c1)-c1ccccc1C21c2ccccc2-c2ccccc21)c1ccccc1. The number of rotatable bonds is 4. The summed E-state index contributed by atoms with van der Waals surface area (Å²) in [4.78, 5) is 5.12. The van der Waals surface area contributed by atoms with E-state index in [1.807, 2.05) is 77.9 Å². The van der Waals surface area contributed by atoms with Crippen molar-refractivity contribution in [3.63, 3.8) is 0 Å². The van der Waals surface area contributed by atoms with Gasteiger partial charge in [-0.1, -0.05) is 181 Å². The van der Waals surface area contributed by atoms with Gasteiger partial charge >= 0.3 is 0 Å². The number of nitrogens with zero attached hydrogens (tertiary/aromatic N) is 1. The fourth-order valence-corrected chi connectivity index (χ4v) is 7.09. The van der Waals surface area contributed by atoms with E-state index in [0.29, 0.717) is 5.84 Å². The molecular formula is C48H50N2. The van der Waals surface area contributed by atoms with Crippen LogP contribution in [0, 0.1) is 11.8 Å². The van der Waals surface area contributed by atoms with Crippen LogP contribution < -0.4 is 5.73 Å². The minimum atomic E-state index is -0.341. The highest BCUT2D eigenvalue weighted by Gasteiger charge is 2.51. The summed E-state index contributed by atoms with van der Waals surface area (Å²) in [6.45, 7) is 11.6. The summed E-state index contributed by atoms with van der Waals surface area (Å²) in [5.74, 6) is 5.90. The second kappa shape index (κ2) is 17.1. The molecule has 50 heavy (non-hydrogen) atoms. The summed E-state index contributed by atoms with van der Waals surface area (Å²) < 4.78 is 0. The van der Waals surface area contributed by atoms with Gasteiger partial charge in [-0.15, -0.1) is 11.8 Å². The molecule has 0 saturated heterocycles. The largest absolute Gasteiger partial charge is 0.383 e. The third kappa shape index (κ3) is 6.52. The third-order valence-corrected chi connectivity index (χ3v) is 9.04. The van der Waals surface area contributed by atoms with Crippen molar-refractivity contribution in [2.45, 2.75) is 60.4 Å². The number of nitrogens with two attached hydrogens (primary N) is 1. The minimum Gasteiger partial charge on any atom is -0.383 e. The number of hydrogen-bond acceptors (Lipinski definition) is 1. The smallest absolute Gasteiger partial charge is 0.126 e. The molecule has 2 nitrogen and oxygen atoms in total. The molecule has 0 fully saturated rings. The Kier molecular flexibility index (Phi) is 12.7. The van der Waals surface area contributed by atoms with Crippen molar-refractivity contribution in [1.29, 1.82) is 0 Å². The number of amidine groups is 1. The van der Waals surface area contributed by atoms with E-state index in [4.69, 9.17) is 10.7 Å². The highest BCUT2D eigenvalue weighted by molar-refractivity contribution is 5.98. The first-order chi connectivity index (χ1) is 24.2. The van der Waals surface area contributed by atoms with Gasteiger partial charge < -0.3 is 5.73 Å². The molecule has 0 aliphatic heterocycles. The second-order valence-electron chi connectivity index (χ2n) is 11.4. The molecule has 0 bridgehead atoms. The van der Waals surface area contributed by atoms with Crippen LogP contribution in [0.2, 0.25) is 0 Å². The number of hydrogen-bond donors (Lipinski definition) is 1. The van der Waals surface area contributed by atoms with Crippen molar-refractivity contribution in [3.05, 3.63) is 191 Å². The lowest BCUT2D eigenvalue weighted by atomic mass is 9.70. The van der Waals surface area contributed by atoms with E-state index < -0.39 is 0 Å². The molecule has 252 valence electrons. The predicted molar refractivity (Wildman–Crippen MR) is 217 cm³/mol. The topological polar surface area (TPSA) is 38.4 Å². The van der Waals surface area contributed by atoms with Gasteiger partial charge in [0.15, 0.2) is 0 Å². The lowest BCUT2D eigenvalue weighted by Gasteiger charge is -2.30. The van der Waals surface area contributed by atoms with E-state index in [2.05, 4.69) is 127 Å². The lowest BCUT2D eigenvalue weighted by molar-refractivity contribution is 0.791. The van der Waals surface area contributed by atoms with E-state index in [1.165, 1.54) is 44.5 Å². The summed E-state index contributed by atoms with van der Waals surface area (Å²) in [6.07, 6.45) is 0. The number of fused-ring (bicyclic) bond motifs is 10. The molecule has 6 aromatic rings. The van der Waals surface area contributed by atoms with Crippen molar-refractivity contribution in [2.75, 3.05) is 0 Å². The molecule has 0 aromatic heterocycles. The molecule has 6 aromatic carbocycles. The quantitative estimate of drug-likeness (QED) is 0.114. The summed E-state index contributed by atoms with van der Waals surface area (Å²) >= 11 is 0. The zero-order valence-corrected chi connectivity index (χ0v) is 29.5. The maximum absolute atomic E-state index is 6.61. The molecular weight excluding hydrogens is 605 g/mol. The van der Waals surface area contributed by atoms with Crippen LogP contribution in [0.1, 0.15) is 94.0 Å². The Morgan fingerprint density at radius 2 is 0.900 bits per heavy atom. The van der Waals surface area contributed by atoms with E-state index in [9.17, 15) is 0 Å². The highest BCUT2D eigenvalue weighted by Crippen LogP contribution is 2.62. The van der Waals surface area contributed by atoms with E-state index >= 15 is 0 Å². The molecule has 0 saturated carbocycles. The lowest BCUT2D eigenvalue weighted by Crippen LogP contribution is -2.25. The Hall–Kier alpha value is -5.65. The van der Waals surface area contributed by atoms with Gasteiger partial charge in [-0.25, -0.2) is 0 Å². The summed E-state index contributed by atoms with van der Waals surface area (Å²) in [5.41, 5.74) is 20.0. The monoisotopic (exact) mass is 654 g/mol. The van der Waals surface area contributed by atoms with Crippen LogP contribution in [0.15, 0.2) is 157 Å². The molecule has 8 rings (SSSR count). The minimum absolute atomic E-state index is 0. The third-order valence-electron chi connectivity index (χ3n) is 9.04. The Labute approximate surface area is 300 Å². The van der Waals surface area contributed by atoms with Crippen molar-refractivity contribution >= 4 is 5.84 Å². The van der Waals surface area contributed by atoms with Crippen LogP contribution in [0.25, 0.3) is 22.3 Å². The summed E-state index contributed by atoms with van der Waals surface area (Å²) in [7, 11) is 0. The van der Waals surface area contributed by atoms with Gasteiger partial charge in [0.05, 0.1) is 5.41 Å². The Morgan fingerprint density at radius 3 is 1.38 bits per heavy atom. The average molecular weight is 655 g/mol. The zero-order chi connectivity index (χ0) is 34.8. The van der Waals surface area contributed by atoms with Gasteiger partial charge in [0.1, 0.15) is 11.9 Å². The number of benzene rings is 6. The van der Waals surface area contributed by atoms with Gasteiger partial charge in [-0.2, -0.15) is 0 Å². The fourth-order valence-electron chi connectivity index (χ4n) is 7.09. The van der Waals surface area contributed by atoms with E-state index in [-0.39, 0.29) is 18.9 Å². The molecule has 0 heterocycles. The highest BCUT2D eigenvalue weighted by atomic mass is 14.9. The maximum atomic E-state index is 6.61. The Balaban J connectivity index is 0.000000577. The zero-order valence-electron chi connectivity index (χ0n) is 29.5. The van der Waals surface area contributed by atoms with Crippen molar-refractivity contribution in [3.8, 4) is 34.1 Å². The van der Waals surface area contributed by atoms with Crippen molar-refractivity contribution < 1.29 is 0 Å². The van der Waals surface area contributed by atoms with Gasteiger partial charge in [0.25, 0.3) is 0 Å². The summed E-state index contributed by atoms with van der Waals surface area (Å²) in [6, 6.07) is 53.9. The molecule has 1 spiro atoms. The second-order valence-corrected chi connectivity index (χ2v) is 11.4. The number of aliphatic imine (C=N–C) groups is 1. The van der Waals surface area contributed by atoms with E-state index in [1.54, 1.807) is 0 Å². The fraction of sp³-hybridized carbons (Fsp3) is 0.188. The molecule has 1 unspecified atom stereocenters. The van der Waals surface area contributed by atoms with Gasteiger partial charge in [-0.3, -0.25) is 4.99 Å². The Morgan fingerprint density at radius 1 is 0.500 bits per heavy atom. The van der Waals surface area contributed by atoms with E-state index in [0.717, 1.165) is 16.7 Å². The first kappa shape index (κ1) is 37.2. The van der Waals surface area contributed by atoms with Gasteiger partial charge in [0, 0.05) is 5.56 Å². The van der Waals surface area contributed by atoms with Gasteiger partial charge in [0.2, 0.25) is 0 Å². The van der Waals surface area contributed by atoms with Crippen LogP contribution in [-0.2, 0) is 5.41 Å². The molecule has 2 aliphatic rings. The van der Waals surface area contributed by atoms with Crippen LogP contribution in [0.4, 0.5) is 0 Å². The maximum Gasteiger partial charge on any atom is 0.126 e.